The molecule has 5 heteroatoms. The van der Waals surface area contributed by atoms with Crippen LogP contribution in [0.2, 0.25) is 0 Å². The lowest BCUT2D eigenvalue weighted by atomic mass is 9.90. The molecular weight excluding hydrogens is 203 g/mol. The Balaban J connectivity index is 2.05. The van der Waals surface area contributed by atoms with E-state index >= 15 is 0 Å². The van der Waals surface area contributed by atoms with Crippen molar-refractivity contribution in [1.82, 2.24) is 10.2 Å². The summed E-state index contributed by atoms with van der Waals surface area (Å²) in [7, 11) is -0.298. The summed E-state index contributed by atoms with van der Waals surface area (Å²) in [6.45, 7) is 8.15. The normalized spacial score (nSPS) is 23.1. The Kier molecular flexibility index (Phi) is 2.68. The number of hydrogen-bond donors (Lipinski definition) is 1. The van der Waals surface area contributed by atoms with Crippen LogP contribution in [0.3, 0.4) is 0 Å². The fourth-order valence-corrected chi connectivity index (χ4v) is 1.51. The first kappa shape index (κ1) is 11.4. The molecule has 1 N–H and O–H groups in total. The molecule has 4 nitrogen and oxygen atoms in total. The van der Waals surface area contributed by atoms with E-state index in [2.05, 4.69) is 10.2 Å². The number of rotatable bonds is 2. The van der Waals surface area contributed by atoms with Crippen LogP contribution in [0.4, 0.5) is 0 Å². The quantitative estimate of drug-likeness (QED) is 0.776. The van der Waals surface area contributed by atoms with Crippen molar-refractivity contribution in [2.24, 2.45) is 0 Å². The molecule has 1 saturated heterocycles. The van der Waals surface area contributed by atoms with E-state index in [0.29, 0.717) is 0 Å². The van der Waals surface area contributed by atoms with Crippen molar-refractivity contribution in [3.05, 3.63) is 23.9 Å². The van der Waals surface area contributed by atoms with Gasteiger partial charge < -0.3 is 9.31 Å². The SMILES string of the molecule is CC1(C)OB(/C=C/c2ccn[nH]2)OC1(C)C. The van der Waals surface area contributed by atoms with Gasteiger partial charge in [-0.3, -0.25) is 5.10 Å². The van der Waals surface area contributed by atoms with Crippen molar-refractivity contribution in [2.45, 2.75) is 38.9 Å². The molecule has 1 aromatic rings. The van der Waals surface area contributed by atoms with Crippen LogP contribution in [0.25, 0.3) is 6.08 Å². The van der Waals surface area contributed by atoms with E-state index in [-0.39, 0.29) is 18.3 Å². The number of hydrogen-bond acceptors (Lipinski definition) is 3. The molecule has 0 unspecified atom stereocenters. The van der Waals surface area contributed by atoms with Gasteiger partial charge in [0, 0.05) is 6.20 Å². The highest BCUT2D eigenvalue weighted by atomic mass is 16.7. The average Bonchev–Trinajstić information content (AvgIpc) is 2.70. The Morgan fingerprint density at radius 3 is 2.38 bits per heavy atom. The van der Waals surface area contributed by atoms with Crippen molar-refractivity contribution in [3.63, 3.8) is 0 Å². The van der Waals surface area contributed by atoms with Gasteiger partial charge in [-0.05, 0) is 39.8 Å². The van der Waals surface area contributed by atoms with Gasteiger partial charge in [0.25, 0.3) is 0 Å². The lowest BCUT2D eigenvalue weighted by Crippen LogP contribution is -2.41. The average molecular weight is 220 g/mol. The molecule has 1 aliphatic rings. The minimum atomic E-state index is -0.298. The van der Waals surface area contributed by atoms with Gasteiger partial charge in [-0.1, -0.05) is 5.98 Å². The highest BCUT2D eigenvalue weighted by molar-refractivity contribution is 6.52. The molecule has 0 amide bonds. The summed E-state index contributed by atoms with van der Waals surface area (Å²) < 4.78 is 11.6. The Bertz CT molecular complexity index is 369. The van der Waals surface area contributed by atoms with Crippen LogP contribution in [-0.4, -0.2) is 28.5 Å². The lowest BCUT2D eigenvalue weighted by molar-refractivity contribution is 0.00578. The lowest BCUT2D eigenvalue weighted by Gasteiger charge is -2.32. The fourth-order valence-electron chi connectivity index (χ4n) is 1.51. The molecule has 1 fully saturated rings. The third kappa shape index (κ3) is 2.06. The maximum Gasteiger partial charge on any atom is 0.487 e. The zero-order chi connectivity index (χ0) is 11.8. The molecule has 0 saturated carbocycles. The molecule has 16 heavy (non-hydrogen) atoms. The summed E-state index contributed by atoms with van der Waals surface area (Å²) in [4.78, 5) is 0. The molecule has 2 heterocycles. The first-order valence-electron chi connectivity index (χ1n) is 5.44. The monoisotopic (exact) mass is 220 g/mol. The molecule has 86 valence electrons. The summed E-state index contributed by atoms with van der Waals surface area (Å²) in [5.41, 5.74) is 0.376. The second kappa shape index (κ2) is 3.75. The number of H-pyrrole nitrogens is 1. The summed E-state index contributed by atoms with van der Waals surface area (Å²) in [5.74, 6) is 1.89. The summed E-state index contributed by atoms with van der Waals surface area (Å²) >= 11 is 0. The van der Waals surface area contributed by atoms with Gasteiger partial charge in [0.1, 0.15) is 0 Å². The predicted molar refractivity (Wildman–Crippen MR) is 63.7 cm³/mol. The summed E-state index contributed by atoms with van der Waals surface area (Å²) in [6, 6.07) is 1.89. The van der Waals surface area contributed by atoms with Gasteiger partial charge in [-0.15, -0.1) is 0 Å². The number of nitrogens with one attached hydrogen (secondary N) is 1. The molecule has 0 aromatic carbocycles. The van der Waals surface area contributed by atoms with Crippen LogP contribution >= 0.6 is 0 Å². The van der Waals surface area contributed by atoms with Gasteiger partial charge in [0.2, 0.25) is 0 Å². The van der Waals surface area contributed by atoms with Crippen LogP contribution in [0.5, 0.6) is 0 Å². The second-order valence-corrected chi connectivity index (χ2v) is 5.00. The molecule has 0 bridgehead atoms. The van der Waals surface area contributed by atoms with Gasteiger partial charge in [-0.2, -0.15) is 5.10 Å². The van der Waals surface area contributed by atoms with Gasteiger partial charge in [-0.25, -0.2) is 0 Å². The van der Waals surface area contributed by atoms with Crippen LogP contribution in [0.15, 0.2) is 18.2 Å². The van der Waals surface area contributed by atoms with E-state index in [0.717, 1.165) is 5.69 Å². The number of nitrogens with zero attached hydrogens (tertiary/aromatic N) is 1. The standard InChI is InChI=1S/C11H17BN2O2/c1-10(2)11(3,4)16-12(15-10)7-5-9-6-8-13-14-9/h5-8H,1-4H3,(H,13,14)/b7-5+. The largest absolute Gasteiger partial charge is 0.487 e. The van der Waals surface area contributed by atoms with E-state index in [1.807, 2.05) is 45.8 Å². The first-order chi connectivity index (χ1) is 7.41. The molecule has 0 aliphatic carbocycles. The zero-order valence-electron chi connectivity index (χ0n) is 10.2. The highest BCUT2D eigenvalue weighted by Gasteiger charge is 2.49. The minimum Gasteiger partial charge on any atom is -0.400 e. The Hall–Kier alpha value is -1.07. The van der Waals surface area contributed by atoms with Crippen LogP contribution < -0.4 is 0 Å². The summed E-state index contributed by atoms with van der Waals surface area (Å²) in [5, 5.41) is 6.72. The highest BCUT2D eigenvalue weighted by Crippen LogP contribution is 2.36. The molecule has 2 rings (SSSR count). The minimum absolute atomic E-state index is 0.282. The summed E-state index contributed by atoms with van der Waals surface area (Å²) in [6.07, 6.45) is 3.62. The molecular formula is C11H17BN2O2. The van der Waals surface area contributed by atoms with Crippen molar-refractivity contribution < 1.29 is 9.31 Å². The Labute approximate surface area is 96.2 Å². The van der Waals surface area contributed by atoms with Crippen LogP contribution in [0.1, 0.15) is 33.4 Å². The topological polar surface area (TPSA) is 47.1 Å². The second-order valence-electron chi connectivity index (χ2n) is 5.00. The molecule has 1 aliphatic heterocycles. The Morgan fingerprint density at radius 1 is 1.25 bits per heavy atom. The maximum atomic E-state index is 5.82. The fraction of sp³-hybridized carbons (Fsp3) is 0.545. The van der Waals surface area contributed by atoms with Crippen molar-refractivity contribution in [1.29, 1.82) is 0 Å². The van der Waals surface area contributed by atoms with E-state index in [1.54, 1.807) is 6.20 Å². The van der Waals surface area contributed by atoms with E-state index in [4.69, 9.17) is 9.31 Å². The van der Waals surface area contributed by atoms with Crippen LogP contribution in [0, 0.1) is 0 Å². The molecule has 0 spiro atoms. The third-order valence-electron chi connectivity index (χ3n) is 3.23. The zero-order valence-corrected chi connectivity index (χ0v) is 10.2. The van der Waals surface area contributed by atoms with Gasteiger partial charge in [0.15, 0.2) is 0 Å². The van der Waals surface area contributed by atoms with Gasteiger partial charge in [0.05, 0.1) is 16.9 Å². The van der Waals surface area contributed by atoms with E-state index in [1.165, 1.54) is 0 Å². The van der Waals surface area contributed by atoms with Crippen molar-refractivity contribution in [2.75, 3.05) is 0 Å². The Morgan fingerprint density at radius 2 is 1.88 bits per heavy atom. The van der Waals surface area contributed by atoms with Crippen LogP contribution in [-0.2, 0) is 9.31 Å². The molecule has 1 aromatic heterocycles. The molecule has 0 atom stereocenters. The van der Waals surface area contributed by atoms with Crippen molar-refractivity contribution >= 4 is 13.2 Å². The third-order valence-corrected chi connectivity index (χ3v) is 3.23. The molecule has 0 radical (unpaired) electrons. The smallest absolute Gasteiger partial charge is 0.400 e. The van der Waals surface area contributed by atoms with E-state index in [9.17, 15) is 0 Å². The maximum absolute atomic E-state index is 5.82. The predicted octanol–water partition coefficient (Wildman–Crippen LogP) is 2.05. The first-order valence-corrected chi connectivity index (χ1v) is 5.44. The van der Waals surface area contributed by atoms with Crippen molar-refractivity contribution in [3.8, 4) is 0 Å². The van der Waals surface area contributed by atoms with E-state index < -0.39 is 0 Å². The number of aromatic amines is 1. The number of aromatic nitrogens is 2. The van der Waals surface area contributed by atoms with Gasteiger partial charge >= 0.3 is 7.12 Å².